The number of rotatable bonds is 3. The van der Waals surface area contributed by atoms with Crippen molar-refractivity contribution in [2.24, 2.45) is 5.10 Å². The Morgan fingerprint density at radius 2 is 2.22 bits per heavy atom. The van der Waals surface area contributed by atoms with Crippen LogP contribution >= 0.6 is 12.2 Å². The van der Waals surface area contributed by atoms with Gasteiger partial charge in [0.15, 0.2) is 5.82 Å². The molecule has 0 atom stereocenters. The summed E-state index contributed by atoms with van der Waals surface area (Å²) in [5.74, 6) is 0.782. The Labute approximate surface area is 109 Å². The lowest BCUT2D eigenvalue weighted by atomic mass is 10.2. The van der Waals surface area contributed by atoms with Crippen molar-refractivity contribution >= 4 is 18.4 Å². The lowest BCUT2D eigenvalue weighted by Crippen LogP contribution is -1.97. The summed E-state index contributed by atoms with van der Waals surface area (Å²) in [6.45, 7) is 1.98. The smallest absolute Gasteiger partial charge is 0.216 e. The van der Waals surface area contributed by atoms with Gasteiger partial charge >= 0.3 is 0 Å². The summed E-state index contributed by atoms with van der Waals surface area (Å²) in [4.78, 5) is 0. The number of aromatic nitrogens is 3. The molecule has 1 aromatic heterocycles. The van der Waals surface area contributed by atoms with Crippen molar-refractivity contribution in [3.63, 3.8) is 0 Å². The molecule has 0 unspecified atom stereocenters. The van der Waals surface area contributed by atoms with Crippen molar-refractivity contribution in [1.82, 2.24) is 14.9 Å². The maximum atomic E-state index is 8.70. The van der Waals surface area contributed by atoms with Crippen molar-refractivity contribution in [2.45, 2.75) is 13.3 Å². The Hall–Kier alpha value is -2.26. The Morgan fingerprint density at radius 1 is 1.50 bits per heavy atom. The lowest BCUT2D eigenvalue weighted by Gasteiger charge is -1.97. The highest BCUT2D eigenvalue weighted by Gasteiger charge is 2.00. The van der Waals surface area contributed by atoms with Crippen LogP contribution in [0, 0.1) is 16.1 Å². The standard InChI is InChI=1S/C12H11N5S/c1-2-11-15-16-12(18)17(11)14-8-10-5-3-9(7-13)4-6-10/h3-6,8H,2H2,1H3,(H,16,18)/b14-8-. The molecule has 0 amide bonds. The van der Waals surface area contributed by atoms with Crippen molar-refractivity contribution in [3.8, 4) is 6.07 Å². The van der Waals surface area contributed by atoms with Crippen LogP contribution in [0.25, 0.3) is 0 Å². The Balaban J connectivity index is 2.27. The van der Waals surface area contributed by atoms with E-state index in [1.165, 1.54) is 0 Å². The van der Waals surface area contributed by atoms with E-state index in [4.69, 9.17) is 17.5 Å². The van der Waals surface area contributed by atoms with E-state index < -0.39 is 0 Å². The molecule has 0 radical (unpaired) electrons. The molecule has 1 N–H and O–H groups in total. The maximum absolute atomic E-state index is 8.70. The van der Waals surface area contributed by atoms with Crippen LogP contribution in [0.1, 0.15) is 23.9 Å². The summed E-state index contributed by atoms with van der Waals surface area (Å²) in [5, 5.41) is 19.7. The van der Waals surface area contributed by atoms with E-state index in [1.807, 2.05) is 19.1 Å². The third kappa shape index (κ3) is 2.52. The molecule has 18 heavy (non-hydrogen) atoms. The monoisotopic (exact) mass is 257 g/mol. The van der Waals surface area contributed by atoms with Gasteiger partial charge in [0.25, 0.3) is 0 Å². The summed E-state index contributed by atoms with van der Waals surface area (Å²) in [7, 11) is 0. The minimum atomic E-state index is 0.469. The van der Waals surface area contributed by atoms with E-state index >= 15 is 0 Å². The van der Waals surface area contributed by atoms with Gasteiger partial charge < -0.3 is 0 Å². The van der Waals surface area contributed by atoms with Crippen LogP contribution in [0.4, 0.5) is 0 Å². The van der Waals surface area contributed by atoms with Crippen molar-refractivity contribution in [1.29, 1.82) is 5.26 Å². The van der Waals surface area contributed by atoms with Crippen LogP contribution in [0.3, 0.4) is 0 Å². The summed E-state index contributed by atoms with van der Waals surface area (Å²) in [6.07, 6.45) is 2.43. The number of hydrogen-bond acceptors (Lipinski definition) is 4. The van der Waals surface area contributed by atoms with Gasteiger partial charge in [-0.25, -0.2) is 0 Å². The molecule has 6 heteroatoms. The van der Waals surface area contributed by atoms with E-state index in [-0.39, 0.29) is 0 Å². The van der Waals surface area contributed by atoms with E-state index in [1.54, 1.807) is 23.0 Å². The highest BCUT2D eigenvalue weighted by Crippen LogP contribution is 2.02. The molecule has 0 fully saturated rings. The second kappa shape index (κ2) is 5.38. The van der Waals surface area contributed by atoms with Gasteiger partial charge in [0, 0.05) is 6.42 Å². The first-order chi connectivity index (χ1) is 8.74. The summed E-state index contributed by atoms with van der Waals surface area (Å²) < 4.78 is 2.06. The zero-order valence-corrected chi connectivity index (χ0v) is 10.6. The molecule has 5 nitrogen and oxygen atoms in total. The average molecular weight is 257 g/mol. The molecule has 0 aliphatic heterocycles. The van der Waals surface area contributed by atoms with Gasteiger partial charge in [-0.3, -0.25) is 5.10 Å². The van der Waals surface area contributed by atoms with Crippen LogP contribution < -0.4 is 0 Å². The van der Waals surface area contributed by atoms with E-state index in [0.717, 1.165) is 17.8 Å². The molecule has 1 aromatic carbocycles. The van der Waals surface area contributed by atoms with Crippen molar-refractivity contribution in [3.05, 3.63) is 46.0 Å². The second-order valence-corrected chi connectivity index (χ2v) is 3.98. The molecule has 2 aromatic rings. The summed E-state index contributed by atoms with van der Waals surface area (Å²) in [5.41, 5.74) is 1.53. The van der Waals surface area contributed by atoms with Gasteiger partial charge in [0.1, 0.15) is 0 Å². The first-order valence-corrected chi connectivity index (χ1v) is 5.86. The Kier molecular flexibility index (Phi) is 3.65. The van der Waals surface area contributed by atoms with Crippen LogP contribution in [0.15, 0.2) is 29.4 Å². The number of aromatic amines is 1. The van der Waals surface area contributed by atoms with Crippen LogP contribution in [0.2, 0.25) is 0 Å². The Bertz CT molecular complexity index is 657. The molecular weight excluding hydrogens is 246 g/mol. The van der Waals surface area contributed by atoms with Gasteiger partial charge in [0.2, 0.25) is 4.77 Å². The van der Waals surface area contributed by atoms with Crippen molar-refractivity contribution in [2.75, 3.05) is 0 Å². The first-order valence-electron chi connectivity index (χ1n) is 5.45. The minimum Gasteiger partial charge on any atom is -0.250 e. The zero-order chi connectivity index (χ0) is 13.0. The summed E-state index contributed by atoms with van der Waals surface area (Å²) in [6, 6.07) is 9.22. The molecule has 0 aliphatic carbocycles. The fourth-order valence-electron chi connectivity index (χ4n) is 1.44. The number of benzene rings is 1. The number of nitrogens with zero attached hydrogens (tertiary/aromatic N) is 4. The minimum absolute atomic E-state index is 0.469. The number of nitrogens with one attached hydrogen (secondary N) is 1. The normalized spacial score (nSPS) is 10.7. The predicted molar refractivity (Wildman–Crippen MR) is 70.9 cm³/mol. The number of H-pyrrole nitrogens is 1. The first kappa shape index (κ1) is 12.2. The lowest BCUT2D eigenvalue weighted by molar-refractivity contribution is 0.780. The molecule has 0 bridgehead atoms. The fourth-order valence-corrected chi connectivity index (χ4v) is 1.64. The number of aryl methyl sites for hydroxylation is 1. The summed E-state index contributed by atoms with van der Waals surface area (Å²) >= 11 is 5.08. The zero-order valence-electron chi connectivity index (χ0n) is 9.79. The van der Waals surface area contributed by atoms with Gasteiger partial charge in [-0.15, -0.1) is 0 Å². The van der Waals surface area contributed by atoms with E-state index in [2.05, 4.69) is 21.4 Å². The van der Waals surface area contributed by atoms with Gasteiger partial charge in [-0.2, -0.15) is 20.1 Å². The van der Waals surface area contributed by atoms with Crippen molar-refractivity contribution < 1.29 is 0 Å². The van der Waals surface area contributed by atoms with Crippen LogP contribution in [0.5, 0.6) is 0 Å². The molecule has 0 aliphatic rings. The van der Waals surface area contributed by atoms with E-state index in [0.29, 0.717) is 10.3 Å². The largest absolute Gasteiger partial charge is 0.250 e. The highest BCUT2D eigenvalue weighted by atomic mass is 32.1. The van der Waals surface area contributed by atoms with Gasteiger partial charge in [-0.05, 0) is 29.9 Å². The fraction of sp³-hybridized carbons (Fsp3) is 0.167. The maximum Gasteiger partial charge on any atom is 0.216 e. The highest BCUT2D eigenvalue weighted by molar-refractivity contribution is 7.71. The molecular formula is C12H11N5S. The molecule has 2 rings (SSSR count). The predicted octanol–water partition coefficient (Wildman–Crippen LogP) is 2.26. The molecule has 90 valence electrons. The average Bonchev–Trinajstić information content (AvgIpc) is 2.77. The van der Waals surface area contributed by atoms with E-state index in [9.17, 15) is 0 Å². The molecule has 0 saturated carbocycles. The third-order valence-corrected chi connectivity index (χ3v) is 2.66. The number of hydrogen-bond donors (Lipinski definition) is 1. The second-order valence-electron chi connectivity index (χ2n) is 3.59. The SMILES string of the molecule is CCc1n[nH]c(=S)n1/N=C\c1ccc(C#N)cc1. The van der Waals surface area contributed by atoms with Gasteiger partial charge in [0.05, 0.1) is 17.8 Å². The quantitative estimate of drug-likeness (QED) is 0.677. The topological polar surface area (TPSA) is 69.8 Å². The third-order valence-electron chi connectivity index (χ3n) is 2.40. The number of nitriles is 1. The molecule has 0 saturated heterocycles. The Morgan fingerprint density at radius 3 is 2.83 bits per heavy atom. The van der Waals surface area contributed by atoms with Crippen LogP contribution in [-0.2, 0) is 6.42 Å². The van der Waals surface area contributed by atoms with Crippen LogP contribution in [-0.4, -0.2) is 21.1 Å². The van der Waals surface area contributed by atoms with Gasteiger partial charge in [-0.1, -0.05) is 19.1 Å². The molecule has 1 heterocycles. The molecule has 0 spiro atoms.